The van der Waals surface area contributed by atoms with Gasteiger partial charge in [-0.25, -0.2) is 4.39 Å². The minimum absolute atomic E-state index is 0.321. The molecule has 0 spiro atoms. The van der Waals surface area contributed by atoms with Crippen LogP contribution in [0.5, 0.6) is 0 Å². The lowest BCUT2D eigenvalue weighted by atomic mass is 9.99. The van der Waals surface area contributed by atoms with E-state index in [1.807, 2.05) is 45.9 Å². The molecule has 0 unspecified atom stereocenters. The van der Waals surface area contributed by atoms with Crippen molar-refractivity contribution in [1.82, 2.24) is 0 Å². The molecule has 0 aromatic heterocycles. The van der Waals surface area contributed by atoms with Crippen LogP contribution in [0.25, 0.3) is 11.1 Å². The van der Waals surface area contributed by atoms with E-state index in [-0.39, 0.29) is 5.82 Å². The quantitative estimate of drug-likeness (QED) is 0.649. The first-order chi connectivity index (χ1) is 9.54. The number of halogens is 2. The largest absolute Gasteiger partial charge is 0.206 e. The second-order valence-corrected chi connectivity index (χ2v) is 4.97. The lowest BCUT2D eigenvalue weighted by Gasteiger charge is -2.11. The first kappa shape index (κ1) is 16.4. The van der Waals surface area contributed by atoms with Gasteiger partial charge in [-0.15, -0.1) is 0 Å². The van der Waals surface area contributed by atoms with E-state index in [0.29, 0.717) is 11.1 Å². The summed E-state index contributed by atoms with van der Waals surface area (Å²) in [6, 6.07) is 10.2. The van der Waals surface area contributed by atoms with Crippen molar-refractivity contribution >= 4 is 15.9 Å². The van der Waals surface area contributed by atoms with Crippen LogP contribution >= 0.6 is 15.9 Å². The van der Waals surface area contributed by atoms with Gasteiger partial charge in [0, 0.05) is 10.0 Å². The summed E-state index contributed by atoms with van der Waals surface area (Å²) in [5, 5.41) is 8.88. The first-order valence-corrected chi connectivity index (χ1v) is 7.29. The molecule has 0 bridgehead atoms. The maximum absolute atomic E-state index is 13.9. The van der Waals surface area contributed by atoms with Gasteiger partial charge in [-0.2, -0.15) is 5.26 Å². The van der Waals surface area contributed by atoms with Gasteiger partial charge in [0.1, 0.15) is 5.82 Å². The van der Waals surface area contributed by atoms with Gasteiger partial charge in [0.25, 0.3) is 0 Å². The lowest BCUT2D eigenvalue weighted by molar-refractivity contribution is 0.631. The van der Waals surface area contributed by atoms with Crippen molar-refractivity contribution in [2.45, 2.75) is 27.7 Å². The summed E-state index contributed by atoms with van der Waals surface area (Å²) < 4.78 is 14.7. The van der Waals surface area contributed by atoms with Crippen LogP contribution in [0.2, 0.25) is 0 Å². The molecule has 1 nitrogen and oxygen atoms in total. The Kier molecular flexibility index (Phi) is 5.91. The summed E-state index contributed by atoms with van der Waals surface area (Å²) in [5.41, 5.74) is 3.89. The molecule has 0 amide bonds. The zero-order chi connectivity index (χ0) is 15.3. The number of aryl methyl sites for hydroxylation is 1. The summed E-state index contributed by atoms with van der Waals surface area (Å²) in [4.78, 5) is 0. The predicted octanol–water partition coefficient (Wildman–Crippen LogP) is 5.77. The van der Waals surface area contributed by atoms with Crippen molar-refractivity contribution in [3.8, 4) is 17.2 Å². The smallest absolute Gasteiger partial charge is 0.131 e. The monoisotopic (exact) mass is 333 g/mol. The van der Waals surface area contributed by atoms with Crippen LogP contribution in [0.3, 0.4) is 0 Å². The van der Waals surface area contributed by atoms with Crippen molar-refractivity contribution < 1.29 is 4.39 Å². The van der Waals surface area contributed by atoms with Crippen LogP contribution in [-0.2, 0) is 0 Å². The predicted molar refractivity (Wildman–Crippen MR) is 85.1 cm³/mol. The van der Waals surface area contributed by atoms with Crippen molar-refractivity contribution in [1.29, 1.82) is 5.26 Å². The lowest BCUT2D eigenvalue weighted by Crippen LogP contribution is -1.91. The molecule has 3 heteroatoms. The van der Waals surface area contributed by atoms with E-state index < -0.39 is 0 Å². The van der Waals surface area contributed by atoms with Crippen LogP contribution in [0.1, 0.15) is 30.5 Å². The first-order valence-electron chi connectivity index (χ1n) is 6.50. The Bertz CT molecular complexity index is 657. The Labute approximate surface area is 128 Å². The third kappa shape index (κ3) is 3.26. The Morgan fingerprint density at radius 1 is 1.05 bits per heavy atom. The molecule has 0 aliphatic rings. The third-order valence-corrected chi connectivity index (χ3v) is 4.06. The number of hydrogen-bond acceptors (Lipinski definition) is 1. The van der Waals surface area contributed by atoms with Crippen molar-refractivity contribution in [3.05, 3.63) is 57.3 Å². The van der Waals surface area contributed by atoms with E-state index in [1.54, 1.807) is 6.07 Å². The maximum Gasteiger partial charge on any atom is 0.131 e. The van der Waals surface area contributed by atoms with E-state index in [9.17, 15) is 4.39 Å². The van der Waals surface area contributed by atoms with Gasteiger partial charge in [0.2, 0.25) is 0 Å². The molecule has 20 heavy (non-hydrogen) atoms. The zero-order valence-electron chi connectivity index (χ0n) is 12.1. The van der Waals surface area contributed by atoms with Gasteiger partial charge in [-0.05, 0) is 64.7 Å². The fraction of sp³-hybridized carbons (Fsp3) is 0.235. The average molecular weight is 334 g/mol. The van der Waals surface area contributed by atoms with Crippen molar-refractivity contribution in [2.24, 2.45) is 0 Å². The maximum atomic E-state index is 13.9. The Hall–Kier alpha value is -1.66. The fourth-order valence-electron chi connectivity index (χ4n) is 1.79. The van der Waals surface area contributed by atoms with Crippen molar-refractivity contribution in [2.75, 3.05) is 0 Å². The summed E-state index contributed by atoms with van der Waals surface area (Å²) >= 11 is 3.50. The van der Waals surface area contributed by atoms with Crippen LogP contribution in [-0.4, -0.2) is 0 Å². The van der Waals surface area contributed by atoms with Crippen LogP contribution in [0.15, 0.2) is 34.8 Å². The highest BCUT2D eigenvalue weighted by Gasteiger charge is 2.12. The molecular weight excluding hydrogens is 317 g/mol. The van der Waals surface area contributed by atoms with E-state index in [0.717, 1.165) is 21.2 Å². The van der Waals surface area contributed by atoms with E-state index in [4.69, 9.17) is 5.26 Å². The molecule has 0 aliphatic carbocycles. The van der Waals surface area contributed by atoms with E-state index >= 15 is 0 Å². The molecule has 0 atom stereocenters. The second-order valence-electron chi connectivity index (χ2n) is 4.18. The van der Waals surface area contributed by atoms with Gasteiger partial charge in [-0.1, -0.05) is 26.0 Å². The fourth-order valence-corrected chi connectivity index (χ4v) is 2.45. The topological polar surface area (TPSA) is 23.8 Å². The number of benzene rings is 2. The highest BCUT2D eigenvalue weighted by molar-refractivity contribution is 9.10. The summed E-state index contributed by atoms with van der Waals surface area (Å²) in [6.07, 6.45) is 0. The minimum atomic E-state index is -0.321. The van der Waals surface area contributed by atoms with Gasteiger partial charge in [0.05, 0.1) is 11.6 Å². The minimum Gasteiger partial charge on any atom is -0.206 e. The van der Waals surface area contributed by atoms with Gasteiger partial charge < -0.3 is 0 Å². The molecule has 2 rings (SSSR count). The molecule has 104 valence electrons. The molecule has 0 heterocycles. The highest BCUT2D eigenvalue weighted by atomic mass is 79.9. The number of nitrogens with zero attached hydrogens (tertiary/aromatic N) is 1. The summed E-state index contributed by atoms with van der Waals surface area (Å²) in [7, 11) is 0. The van der Waals surface area contributed by atoms with E-state index in [2.05, 4.69) is 15.9 Å². The molecule has 0 N–H and O–H groups in total. The number of rotatable bonds is 1. The molecule has 0 saturated heterocycles. The molecule has 0 radical (unpaired) electrons. The van der Waals surface area contributed by atoms with Gasteiger partial charge >= 0.3 is 0 Å². The number of nitriles is 1. The summed E-state index contributed by atoms with van der Waals surface area (Å²) in [6.45, 7) is 7.99. The molecule has 2 aromatic carbocycles. The Balaban J connectivity index is 0.000000956. The molecule has 0 saturated carbocycles. The molecule has 0 fully saturated rings. The van der Waals surface area contributed by atoms with Gasteiger partial charge in [-0.3, -0.25) is 0 Å². The molecular formula is C17H17BrFN. The number of hydrogen-bond donors (Lipinski definition) is 0. The van der Waals surface area contributed by atoms with Crippen LogP contribution in [0.4, 0.5) is 4.39 Å². The molecule has 2 aromatic rings. The van der Waals surface area contributed by atoms with Crippen LogP contribution in [0, 0.1) is 31.0 Å². The highest BCUT2D eigenvalue weighted by Crippen LogP contribution is 2.34. The van der Waals surface area contributed by atoms with E-state index in [1.165, 1.54) is 12.1 Å². The third-order valence-electron chi connectivity index (χ3n) is 3.04. The zero-order valence-corrected chi connectivity index (χ0v) is 13.7. The average Bonchev–Trinajstić information content (AvgIpc) is 2.48. The van der Waals surface area contributed by atoms with Gasteiger partial charge in [0.15, 0.2) is 0 Å². The Morgan fingerprint density at radius 3 is 2.30 bits per heavy atom. The normalized spacial score (nSPS) is 9.45. The standard InChI is InChI=1S/C15H11BrFN.C2H6/c1-9-3-5-12(15(16)10(9)2)13-7-11(8-18)4-6-14(13)17;1-2/h3-7H,1-2H3;1-2H3. The van der Waals surface area contributed by atoms with Crippen LogP contribution < -0.4 is 0 Å². The Morgan fingerprint density at radius 2 is 1.70 bits per heavy atom. The second kappa shape index (κ2) is 7.21. The van der Waals surface area contributed by atoms with Crippen molar-refractivity contribution in [3.63, 3.8) is 0 Å². The summed E-state index contributed by atoms with van der Waals surface area (Å²) in [5.74, 6) is -0.321. The molecule has 0 aliphatic heterocycles. The SMILES string of the molecule is CC.Cc1ccc(-c2cc(C#N)ccc2F)c(Br)c1C.